The molecule has 2 heterocycles. The maximum absolute atomic E-state index is 12.3. The smallest absolute Gasteiger partial charge is 0.261 e. The molecule has 0 saturated carbocycles. The summed E-state index contributed by atoms with van der Waals surface area (Å²) in [6.07, 6.45) is 1.61. The number of nitrogens with one attached hydrogen (secondary N) is 1. The topological polar surface area (TPSA) is 79.4 Å². The standard InChI is InChI=1S/C22H17N3O3/c26-20(12-13-25-21(27)17-8-4-5-9-18(17)22(25)28)24-16-10-11-19(23-14-16)15-6-2-1-3-7-15/h1-11,14H,12-13H2,(H,24,26). The number of aromatic nitrogens is 1. The lowest BCUT2D eigenvalue weighted by Crippen LogP contribution is -2.32. The molecule has 0 fully saturated rings. The molecule has 2 aromatic carbocycles. The molecule has 0 bridgehead atoms. The number of rotatable bonds is 5. The predicted molar refractivity (Wildman–Crippen MR) is 105 cm³/mol. The monoisotopic (exact) mass is 371 g/mol. The summed E-state index contributed by atoms with van der Waals surface area (Å²) >= 11 is 0. The van der Waals surface area contributed by atoms with E-state index in [-0.39, 0.29) is 30.7 Å². The zero-order valence-corrected chi connectivity index (χ0v) is 15.0. The van der Waals surface area contributed by atoms with Gasteiger partial charge in [-0.1, -0.05) is 42.5 Å². The maximum Gasteiger partial charge on any atom is 0.261 e. The quantitative estimate of drug-likeness (QED) is 0.698. The van der Waals surface area contributed by atoms with Crippen LogP contribution in [-0.4, -0.2) is 34.2 Å². The molecule has 4 rings (SSSR count). The van der Waals surface area contributed by atoms with E-state index in [1.54, 1.807) is 36.5 Å². The Morgan fingerprint density at radius 3 is 2.11 bits per heavy atom. The molecule has 3 aromatic rings. The van der Waals surface area contributed by atoms with Gasteiger partial charge in [0.1, 0.15) is 0 Å². The largest absolute Gasteiger partial charge is 0.325 e. The number of hydrogen-bond acceptors (Lipinski definition) is 4. The van der Waals surface area contributed by atoms with Gasteiger partial charge in [-0.25, -0.2) is 0 Å². The van der Waals surface area contributed by atoms with E-state index in [1.807, 2.05) is 36.4 Å². The van der Waals surface area contributed by atoms with Crippen molar-refractivity contribution in [1.82, 2.24) is 9.88 Å². The van der Waals surface area contributed by atoms with Crippen LogP contribution in [0, 0.1) is 0 Å². The number of imide groups is 1. The molecule has 3 amide bonds. The van der Waals surface area contributed by atoms with Gasteiger partial charge in [-0.05, 0) is 24.3 Å². The lowest BCUT2D eigenvalue weighted by molar-refractivity contribution is -0.116. The van der Waals surface area contributed by atoms with Gasteiger partial charge in [0.15, 0.2) is 0 Å². The maximum atomic E-state index is 12.3. The number of carbonyl (C=O) groups is 3. The molecule has 0 unspecified atom stereocenters. The highest BCUT2D eigenvalue weighted by molar-refractivity contribution is 6.21. The summed E-state index contributed by atoms with van der Waals surface area (Å²) in [7, 11) is 0. The first-order chi connectivity index (χ1) is 13.6. The summed E-state index contributed by atoms with van der Waals surface area (Å²) in [4.78, 5) is 42.3. The molecule has 0 radical (unpaired) electrons. The Morgan fingerprint density at radius 2 is 1.50 bits per heavy atom. The molecule has 1 N–H and O–H groups in total. The summed E-state index contributed by atoms with van der Waals surface area (Å²) in [5.41, 5.74) is 3.13. The van der Waals surface area contributed by atoms with Crippen LogP contribution >= 0.6 is 0 Å². The van der Waals surface area contributed by atoms with Gasteiger partial charge in [0.05, 0.1) is 28.7 Å². The van der Waals surface area contributed by atoms with Crippen LogP contribution in [0.4, 0.5) is 5.69 Å². The van der Waals surface area contributed by atoms with Crippen molar-refractivity contribution in [1.29, 1.82) is 0 Å². The van der Waals surface area contributed by atoms with E-state index in [9.17, 15) is 14.4 Å². The fraction of sp³-hybridized carbons (Fsp3) is 0.0909. The Hall–Kier alpha value is -3.80. The zero-order chi connectivity index (χ0) is 19.5. The van der Waals surface area contributed by atoms with Crippen LogP contribution in [0.5, 0.6) is 0 Å². The van der Waals surface area contributed by atoms with E-state index < -0.39 is 0 Å². The molecule has 6 nitrogen and oxygen atoms in total. The molecule has 1 aliphatic rings. The van der Waals surface area contributed by atoms with E-state index in [4.69, 9.17) is 0 Å². The number of anilines is 1. The molecule has 0 saturated heterocycles. The summed E-state index contributed by atoms with van der Waals surface area (Å²) in [5.74, 6) is -1.00. The number of benzene rings is 2. The Bertz CT molecular complexity index is 1010. The summed E-state index contributed by atoms with van der Waals surface area (Å²) in [6.45, 7) is 0.0354. The fourth-order valence-electron chi connectivity index (χ4n) is 3.13. The minimum Gasteiger partial charge on any atom is -0.325 e. The lowest BCUT2D eigenvalue weighted by atomic mass is 10.1. The summed E-state index contributed by atoms with van der Waals surface area (Å²) < 4.78 is 0. The number of carbonyl (C=O) groups excluding carboxylic acids is 3. The molecule has 138 valence electrons. The second-order valence-electron chi connectivity index (χ2n) is 6.40. The highest BCUT2D eigenvalue weighted by Crippen LogP contribution is 2.22. The van der Waals surface area contributed by atoms with Gasteiger partial charge in [-0.2, -0.15) is 0 Å². The van der Waals surface area contributed by atoms with Crippen molar-refractivity contribution in [3.63, 3.8) is 0 Å². The molecular formula is C22H17N3O3. The number of fused-ring (bicyclic) bond motifs is 1. The second kappa shape index (κ2) is 7.44. The average molecular weight is 371 g/mol. The first-order valence-corrected chi connectivity index (χ1v) is 8.90. The van der Waals surface area contributed by atoms with Gasteiger partial charge >= 0.3 is 0 Å². The fourth-order valence-corrected chi connectivity index (χ4v) is 3.13. The number of pyridine rings is 1. The molecule has 6 heteroatoms. The minimum atomic E-state index is -0.359. The van der Waals surface area contributed by atoms with Crippen LogP contribution in [-0.2, 0) is 4.79 Å². The third-order valence-corrected chi connectivity index (χ3v) is 4.56. The molecule has 0 aliphatic carbocycles. The lowest BCUT2D eigenvalue weighted by Gasteiger charge is -2.13. The zero-order valence-electron chi connectivity index (χ0n) is 15.0. The SMILES string of the molecule is O=C(CCN1C(=O)c2ccccc2C1=O)Nc1ccc(-c2ccccc2)nc1. The Labute approximate surface area is 161 Å². The molecule has 0 atom stereocenters. The van der Waals surface area contributed by atoms with Crippen LogP contribution in [0.25, 0.3) is 11.3 Å². The van der Waals surface area contributed by atoms with Gasteiger partial charge in [-0.15, -0.1) is 0 Å². The van der Waals surface area contributed by atoms with Gasteiger partial charge in [0.2, 0.25) is 5.91 Å². The van der Waals surface area contributed by atoms with Crippen LogP contribution in [0.1, 0.15) is 27.1 Å². The predicted octanol–water partition coefficient (Wildman–Crippen LogP) is 3.37. The van der Waals surface area contributed by atoms with Crippen LogP contribution < -0.4 is 5.32 Å². The minimum absolute atomic E-state index is 0.0197. The van der Waals surface area contributed by atoms with Crippen molar-refractivity contribution >= 4 is 23.4 Å². The van der Waals surface area contributed by atoms with Gasteiger partial charge in [0.25, 0.3) is 11.8 Å². The Balaban J connectivity index is 1.35. The Morgan fingerprint density at radius 1 is 0.857 bits per heavy atom. The highest BCUT2D eigenvalue weighted by Gasteiger charge is 2.34. The van der Waals surface area contributed by atoms with Crippen molar-refractivity contribution in [2.24, 2.45) is 0 Å². The normalized spacial score (nSPS) is 12.8. The average Bonchev–Trinajstić information content (AvgIpc) is 2.98. The second-order valence-corrected chi connectivity index (χ2v) is 6.40. The molecule has 0 spiro atoms. The molecular weight excluding hydrogens is 354 g/mol. The van der Waals surface area contributed by atoms with Gasteiger partial charge in [-0.3, -0.25) is 24.3 Å². The highest BCUT2D eigenvalue weighted by atomic mass is 16.2. The van der Waals surface area contributed by atoms with E-state index in [0.717, 1.165) is 16.2 Å². The molecule has 1 aliphatic heterocycles. The first-order valence-electron chi connectivity index (χ1n) is 8.90. The third-order valence-electron chi connectivity index (χ3n) is 4.56. The number of nitrogens with zero attached hydrogens (tertiary/aromatic N) is 2. The van der Waals surface area contributed by atoms with Crippen LogP contribution in [0.3, 0.4) is 0 Å². The van der Waals surface area contributed by atoms with Crippen molar-refractivity contribution < 1.29 is 14.4 Å². The first kappa shape index (κ1) is 17.6. The third kappa shape index (κ3) is 3.40. The van der Waals surface area contributed by atoms with Gasteiger partial charge < -0.3 is 5.32 Å². The summed E-state index contributed by atoms with van der Waals surface area (Å²) in [5, 5.41) is 2.74. The van der Waals surface area contributed by atoms with E-state index >= 15 is 0 Å². The Kier molecular flexibility index (Phi) is 4.68. The number of hydrogen-bond donors (Lipinski definition) is 1. The van der Waals surface area contributed by atoms with Gasteiger partial charge in [0, 0.05) is 18.5 Å². The van der Waals surface area contributed by atoms with E-state index in [2.05, 4.69) is 10.3 Å². The van der Waals surface area contributed by atoms with E-state index in [1.165, 1.54) is 0 Å². The van der Waals surface area contributed by atoms with Crippen molar-refractivity contribution in [3.8, 4) is 11.3 Å². The van der Waals surface area contributed by atoms with E-state index in [0.29, 0.717) is 16.8 Å². The summed E-state index contributed by atoms with van der Waals surface area (Å²) in [6, 6.07) is 20.0. The van der Waals surface area contributed by atoms with Crippen molar-refractivity contribution in [3.05, 3.63) is 84.1 Å². The van der Waals surface area contributed by atoms with Crippen LogP contribution in [0.15, 0.2) is 72.9 Å². The van der Waals surface area contributed by atoms with Crippen molar-refractivity contribution in [2.75, 3.05) is 11.9 Å². The molecule has 1 aromatic heterocycles. The van der Waals surface area contributed by atoms with Crippen LogP contribution in [0.2, 0.25) is 0 Å². The molecule has 28 heavy (non-hydrogen) atoms. The van der Waals surface area contributed by atoms with Crippen molar-refractivity contribution in [2.45, 2.75) is 6.42 Å². The number of amides is 3.